The number of nitrogens with two attached hydrogens (primary N) is 1. The zero-order chi connectivity index (χ0) is 11.8. The Hall–Kier alpha value is -2.43. The number of hydrogen-bond donors (Lipinski definition) is 1. The van der Waals surface area contributed by atoms with Crippen molar-refractivity contribution in [3.63, 3.8) is 0 Å². The third-order valence-corrected chi connectivity index (χ3v) is 2.79. The lowest BCUT2D eigenvalue weighted by molar-refractivity contribution is 1.10. The van der Waals surface area contributed by atoms with E-state index in [-0.39, 0.29) is 0 Å². The zero-order valence-electron chi connectivity index (χ0n) is 9.33. The summed E-state index contributed by atoms with van der Waals surface area (Å²) in [5.41, 5.74) is 9.37. The average Bonchev–Trinajstić information content (AvgIpc) is 2.81. The third-order valence-electron chi connectivity index (χ3n) is 2.79. The minimum atomic E-state index is 0.507. The van der Waals surface area contributed by atoms with Crippen molar-refractivity contribution < 1.29 is 0 Å². The molecule has 5 nitrogen and oxygen atoms in total. The molecule has 5 heteroatoms. The Kier molecular flexibility index (Phi) is 2.04. The molecule has 0 fully saturated rings. The van der Waals surface area contributed by atoms with Crippen molar-refractivity contribution in [3.05, 3.63) is 42.5 Å². The van der Waals surface area contributed by atoms with E-state index in [4.69, 9.17) is 5.73 Å². The highest BCUT2D eigenvalue weighted by Crippen LogP contribution is 2.23. The Morgan fingerprint density at radius 2 is 2.06 bits per heavy atom. The van der Waals surface area contributed by atoms with Crippen molar-refractivity contribution in [2.45, 2.75) is 6.92 Å². The molecule has 0 atom stereocenters. The van der Waals surface area contributed by atoms with Crippen LogP contribution in [-0.2, 0) is 0 Å². The van der Waals surface area contributed by atoms with Crippen molar-refractivity contribution in [2.75, 3.05) is 5.73 Å². The molecule has 0 unspecified atom stereocenters. The van der Waals surface area contributed by atoms with Gasteiger partial charge in [-0.2, -0.15) is 0 Å². The van der Waals surface area contributed by atoms with Crippen LogP contribution in [0.25, 0.3) is 17.0 Å². The van der Waals surface area contributed by atoms with Crippen molar-refractivity contribution in [1.29, 1.82) is 0 Å². The molecule has 2 N–H and O–H groups in total. The molecule has 0 saturated carbocycles. The fraction of sp³-hybridized carbons (Fsp3) is 0.0833. The van der Waals surface area contributed by atoms with Gasteiger partial charge in [-0.15, -0.1) is 0 Å². The summed E-state index contributed by atoms with van der Waals surface area (Å²) >= 11 is 0. The van der Waals surface area contributed by atoms with Crippen molar-refractivity contribution in [1.82, 2.24) is 19.4 Å². The zero-order valence-corrected chi connectivity index (χ0v) is 9.33. The quantitative estimate of drug-likeness (QED) is 0.684. The van der Waals surface area contributed by atoms with E-state index in [1.807, 2.05) is 35.7 Å². The normalized spacial score (nSPS) is 10.9. The number of fused-ring (bicyclic) bond motifs is 1. The summed E-state index contributed by atoms with van der Waals surface area (Å²) in [6.07, 6.45) is 5.15. The Balaban J connectivity index is 2.34. The van der Waals surface area contributed by atoms with Gasteiger partial charge in [-0.25, -0.2) is 15.0 Å². The van der Waals surface area contributed by atoms with Gasteiger partial charge in [0.25, 0.3) is 0 Å². The van der Waals surface area contributed by atoms with Crippen molar-refractivity contribution in [3.8, 4) is 11.4 Å². The Morgan fingerprint density at radius 3 is 2.94 bits per heavy atom. The summed E-state index contributed by atoms with van der Waals surface area (Å²) in [4.78, 5) is 12.5. The lowest BCUT2D eigenvalue weighted by Gasteiger charge is -2.08. The molecule has 17 heavy (non-hydrogen) atoms. The molecule has 0 aromatic carbocycles. The molecule has 0 amide bonds. The first-order valence-corrected chi connectivity index (χ1v) is 5.27. The molecule has 0 aliphatic rings. The number of pyridine rings is 1. The maximum Gasteiger partial charge on any atom is 0.137 e. The molecular weight excluding hydrogens is 214 g/mol. The SMILES string of the molecule is Cc1c(N)ncnc1-c1cccc2nccn12. The van der Waals surface area contributed by atoms with Crippen LogP contribution < -0.4 is 5.73 Å². The minimum Gasteiger partial charge on any atom is -0.383 e. The predicted molar refractivity (Wildman–Crippen MR) is 65.4 cm³/mol. The summed E-state index contributed by atoms with van der Waals surface area (Å²) in [6.45, 7) is 1.92. The topological polar surface area (TPSA) is 69.1 Å². The number of aromatic nitrogens is 4. The molecule has 84 valence electrons. The molecule has 0 radical (unpaired) electrons. The fourth-order valence-electron chi connectivity index (χ4n) is 1.86. The highest BCUT2D eigenvalue weighted by Gasteiger charge is 2.10. The highest BCUT2D eigenvalue weighted by molar-refractivity contribution is 5.66. The van der Waals surface area contributed by atoms with Gasteiger partial charge in [-0.3, -0.25) is 4.40 Å². The van der Waals surface area contributed by atoms with Crippen LogP contribution in [0.5, 0.6) is 0 Å². The van der Waals surface area contributed by atoms with E-state index in [9.17, 15) is 0 Å². The van der Waals surface area contributed by atoms with E-state index < -0.39 is 0 Å². The third kappa shape index (κ3) is 1.44. The second-order valence-electron chi connectivity index (χ2n) is 3.80. The first kappa shape index (κ1) is 9.77. The summed E-state index contributed by atoms with van der Waals surface area (Å²) in [6, 6.07) is 5.89. The van der Waals surface area contributed by atoms with Gasteiger partial charge >= 0.3 is 0 Å². The smallest absolute Gasteiger partial charge is 0.137 e. The maximum absolute atomic E-state index is 5.80. The summed E-state index contributed by atoms with van der Waals surface area (Å²) in [7, 11) is 0. The van der Waals surface area contributed by atoms with Crippen LogP contribution in [0.15, 0.2) is 36.9 Å². The number of rotatable bonds is 1. The molecule has 0 bridgehead atoms. The lowest BCUT2D eigenvalue weighted by atomic mass is 10.1. The minimum absolute atomic E-state index is 0.507. The monoisotopic (exact) mass is 225 g/mol. The second kappa shape index (κ2) is 3.55. The number of anilines is 1. The average molecular weight is 225 g/mol. The second-order valence-corrected chi connectivity index (χ2v) is 3.80. The van der Waals surface area contributed by atoms with E-state index in [1.54, 1.807) is 6.20 Å². The van der Waals surface area contributed by atoms with Crippen molar-refractivity contribution >= 4 is 11.5 Å². The van der Waals surface area contributed by atoms with E-state index in [0.717, 1.165) is 22.6 Å². The molecule has 0 spiro atoms. The van der Waals surface area contributed by atoms with Gasteiger partial charge in [0.05, 0.1) is 11.4 Å². The molecule has 0 aliphatic heterocycles. The molecule has 0 aliphatic carbocycles. The number of imidazole rings is 1. The summed E-state index contributed by atoms with van der Waals surface area (Å²) < 4.78 is 1.98. The lowest BCUT2D eigenvalue weighted by Crippen LogP contribution is -2.01. The fourth-order valence-corrected chi connectivity index (χ4v) is 1.86. The molecule has 3 aromatic rings. The van der Waals surface area contributed by atoms with Crippen LogP contribution in [-0.4, -0.2) is 19.4 Å². The molecule has 0 saturated heterocycles. The highest BCUT2D eigenvalue weighted by atomic mass is 15.0. The predicted octanol–water partition coefficient (Wildman–Crippen LogP) is 1.68. The molecule has 3 rings (SSSR count). The van der Waals surface area contributed by atoms with E-state index in [2.05, 4.69) is 15.0 Å². The summed E-state index contributed by atoms with van der Waals surface area (Å²) in [5, 5.41) is 0. The van der Waals surface area contributed by atoms with Gasteiger partial charge in [-0.1, -0.05) is 6.07 Å². The van der Waals surface area contributed by atoms with E-state index in [1.165, 1.54) is 6.33 Å². The van der Waals surface area contributed by atoms with Gasteiger partial charge in [0, 0.05) is 18.0 Å². The standard InChI is InChI=1S/C12H11N5/c1-8-11(15-7-16-12(8)13)9-3-2-4-10-14-5-6-17(9)10/h2-7H,1H3,(H2,13,15,16). The maximum atomic E-state index is 5.80. The number of nitrogen functional groups attached to an aromatic ring is 1. The van der Waals surface area contributed by atoms with Crippen LogP contribution in [0, 0.1) is 6.92 Å². The van der Waals surface area contributed by atoms with Crippen LogP contribution in [0.3, 0.4) is 0 Å². The van der Waals surface area contributed by atoms with Gasteiger partial charge in [0.15, 0.2) is 0 Å². The van der Waals surface area contributed by atoms with Gasteiger partial charge in [-0.05, 0) is 19.1 Å². The number of nitrogens with zero attached hydrogens (tertiary/aromatic N) is 4. The number of hydrogen-bond acceptors (Lipinski definition) is 4. The van der Waals surface area contributed by atoms with Gasteiger partial charge < -0.3 is 5.73 Å². The Morgan fingerprint density at radius 1 is 1.18 bits per heavy atom. The Labute approximate surface area is 98.0 Å². The molecule has 3 aromatic heterocycles. The van der Waals surface area contributed by atoms with Crippen LogP contribution in [0.2, 0.25) is 0 Å². The van der Waals surface area contributed by atoms with E-state index >= 15 is 0 Å². The Bertz CT molecular complexity index is 686. The van der Waals surface area contributed by atoms with Gasteiger partial charge in [0.1, 0.15) is 17.8 Å². The first-order chi connectivity index (χ1) is 8.27. The van der Waals surface area contributed by atoms with Crippen LogP contribution >= 0.6 is 0 Å². The largest absolute Gasteiger partial charge is 0.383 e. The van der Waals surface area contributed by atoms with E-state index in [0.29, 0.717) is 5.82 Å². The van der Waals surface area contributed by atoms with Gasteiger partial charge in [0.2, 0.25) is 0 Å². The van der Waals surface area contributed by atoms with Crippen LogP contribution in [0.1, 0.15) is 5.56 Å². The molecule has 3 heterocycles. The molecular formula is C12H11N5. The van der Waals surface area contributed by atoms with Crippen molar-refractivity contribution in [2.24, 2.45) is 0 Å². The summed E-state index contributed by atoms with van der Waals surface area (Å²) in [5.74, 6) is 0.507. The van der Waals surface area contributed by atoms with Crippen LogP contribution in [0.4, 0.5) is 5.82 Å². The first-order valence-electron chi connectivity index (χ1n) is 5.27.